The van der Waals surface area contributed by atoms with Gasteiger partial charge in [0, 0.05) is 11.1 Å². The third kappa shape index (κ3) is 3.62. The van der Waals surface area contributed by atoms with Crippen molar-refractivity contribution in [2.75, 3.05) is 5.32 Å². The molecule has 1 heterocycles. The summed E-state index contributed by atoms with van der Waals surface area (Å²) in [6.45, 7) is 4.65. The summed E-state index contributed by atoms with van der Waals surface area (Å²) in [6, 6.07) is 5.70. The molecule has 0 unspecified atom stereocenters. The molecule has 1 aromatic carbocycles. The van der Waals surface area contributed by atoms with Crippen LogP contribution in [0.1, 0.15) is 19.5 Å². The molecule has 18 heavy (non-hydrogen) atoms. The molecule has 0 aliphatic rings. The van der Waals surface area contributed by atoms with E-state index in [1.165, 1.54) is 0 Å². The summed E-state index contributed by atoms with van der Waals surface area (Å²) in [6.07, 6.45) is 0.122. The number of halogens is 1. The fraction of sp³-hybridized carbons (Fsp3) is 0.308. The molecule has 3 nitrogen and oxygen atoms in total. The Morgan fingerprint density at radius 1 is 1.44 bits per heavy atom. The standard InChI is InChI=1S/C13H15ClN2OS/c1-9(2)17-13-4-3-10(5-12(13)14)15-6-11-7-18-8-16-11/h3-5,7-9,15H,6H2,1-2H3. The van der Waals surface area contributed by atoms with Crippen LogP contribution in [-0.2, 0) is 6.54 Å². The quantitative estimate of drug-likeness (QED) is 0.893. The summed E-state index contributed by atoms with van der Waals surface area (Å²) in [7, 11) is 0. The molecule has 2 rings (SSSR count). The number of nitrogens with one attached hydrogen (secondary N) is 1. The molecule has 0 saturated heterocycles. The Morgan fingerprint density at radius 2 is 2.28 bits per heavy atom. The number of benzene rings is 1. The zero-order valence-corrected chi connectivity index (χ0v) is 11.9. The smallest absolute Gasteiger partial charge is 0.138 e. The second-order valence-electron chi connectivity index (χ2n) is 4.15. The van der Waals surface area contributed by atoms with E-state index in [4.69, 9.17) is 16.3 Å². The highest BCUT2D eigenvalue weighted by atomic mass is 35.5. The fourth-order valence-corrected chi connectivity index (χ4v) is 2.26. The fourth-order valence-electron chi connectivity index (χ4n) is 1.48. The van der Waals surface area contributed by atoms with Gasteiger partial charge in [-0.1, -0.05) is 11.6 Å². The number of rotatable bonds is 5. The van der Waals surface area contributed by atoms with E-state index >= 15 is 0 Å². The van der Waals surface area contributed by atoms with Crippen molar-refractivity contribution in [1.82, 2.24) is 4.98 Å². The second kappa shape index (κ2) is 6.07. The molecule has 0 bridgehead atoms. The van der Waals surface area contributed by atoms with Gasteiger partial charge in [-0.05, 0) is 32.0 Å². The van der Waals surface area contributed by atoms with Crippen LogP contribution in [0.5, 0.6) is 5.75 Å². The van der Waals surface area contributed by atoms with Crippen molar-refractivity contribution in [3.8, 4) is 5.75 Å². The molecule has 5 heteroatoms. The Kier molecular flexibility index (Phi) is 4.44. The Labute approximate surface area is 116 Å². The maximum Gasteiger partial charge on any atom is 0.138 e. The van der Waals surface area contributed by atoms with E-state index in [1.54, 1.807) is 11.3 Å². The largest absolute Gasteiger partial charge is 0.489 e. The molecule has 0 radical (unpaired) electrons. The van der Waals surface area contributed by atoms with Crippen LogP contribution in [0.2, 0.25) is 5.02 Å². The number of aromatic nitrogens is 1. The van der Waals surface area contributed by atoms with E-state index in [0.29, 0.717) is 17.3 Å². The zero-order chi connectivity index (χ0) is 13.0. The molecule has 0 aliphatic heterocycles. The number of nitrogens with zero attached hydrogens (tertiary/aromatic N) is 1. The average Bonchev–Trinajstić information content (AvgIpc) is 2.82. The predicted octanol–water partition coefficient (Wildman–Crippen LogP) is 4.20. The zero-order valence-electron chi connectivity index (χ0n) is 10.3. The van der Waals surface area contributed by atoms with E-state index in [9.17, 15) is 0 Å². The lowest BCUT2D eigenvalue weighted by molar-refractivity contribution is 0.242. The minimum absolute atomic E-state index is 0.122. The summed E-state index contributed by atoms with van der Waals surface area (Å²) in [5.41, 5.74) is 3.81. The molecule has 96 valence electrons. The third-order valence-corrected chi connectivity index (χ3v) is 3.18. The van der Waals surface area contributed by atoms with Crippen LogP contribution < -0.4 is 10.1 Å². The maximum absolute atomic E-state index is 6.16. The monoisotopic (exact) mass is 282 g/mol. The minimum atomic E-state index is 0.122. The molecule has 0 fully saturated rings. The van der Waals surface area contributed by atoms with E-state index in [2.05, 4.69) is 10.3 Å². The molecular weight excluding hydrogens is 268 g/mol. The Balaban J connectivity index is 2.00. The van der Waals surface area contributed by atoms with Crippen molar-refractivity contribution in [1.29, 1.82) is 0 Å². The number of hydrogen-bond donors (Lipinski definition) is 1. The summed E-state index contributed by atoms with van der Waals surface area (Å²) < 4.78 is 5.58. The molecule has 0 aliphatic carbocycles. The lowest BCUT2D eigenvalue weighted by Gasteiger charge is -2.12. The van der Waals surface area contributed by atoms with E-state index in [0.717, 1.165) is 11.4 Å². The van der Waals surface area contributed by atoms with Crippen molar-refractivity contribution < 1.29 is 4.74 Å². The summed E-state index contributed by atoms with van der Waals surface area (Å²) in [5.74, 6) is 0.714. The molecule has 2 aromatic rings. The van der Waals surface area contributed by atoms with Crippen molar-refractivity contribution >= 4 is 28.6 Å². The van der Waals surface area contributed by atoms with Gasteiger partial charge in [-0.3, -0.25) is 0 Å². The third-order valence-electron chi connectivity index (χ3n) is 2.25. The van der Waals surface area contributed by atoms with Gasteiger partial charge >= 0.3 is 0 Å². The first-order valence-corrected chi connectivity index (χ1v) is 7.04. The maximum atomic E-state index is 6.16. The summed E-state index contributed by atoms with van der Waals surface area (Å²) >= 11 is 7.75. The molecule has 0 amide bonds. The van der Waals surface area contributed by atoms with Gasteiger partial charge in [0.15, 0.2) is 0 Å². The van der Waals surface area contributed by atoms with Crippen LogP contribution in [0.15, 0.2) is 29.1 Å². The van der Waals surface area contributed by atoms with Crippen molar-refractivity contribution in [2.45, 2.75) is 26.5 Å². The van der Waals surface area contributed by atoms with Crippen LogP contribution in [0.3, 0.4) is 0 Å². The van der Waals surface area contributed by atoms with Gasteiger partial charge < -0.3 is 10.1 Å². The molecule has 0 spiro atoms. The number of anilines is 1. The number of thiazole rings is 1. The number of hydrogen-bond acceptors (Lipinski definition) is 4. The predicted molar refractivity (Wildman–Crippen MR) is 76.7 cm³/mol. The second-order valence-corrected chi connectivity index (χ2v) is 5.27. The van der Waals surface area contributed by atoms with E-state index in [-0.39, 0.29) is 6.10 Å². The first-order valence-electron chi connectivity index (χ1n) is 5.72. The lowest BCUT2D eigenvalue weighted by Crippen LogP contribution is -2.06. The molecule has 0 saturated carbocycles. The number of ether oxygens (including phenoxy) is 1. The summed E-state index contributed by atoms with van der Waals surface area (Å²) in [5, 5.41) is 5.91. The highest BCUT2D eigenvalue weighted by Gasteiger charge is 2.05. The molecule has 1 N–H and O–H groups in total. The first-order chi connectivity index (χ1) is 8.65. The highest BCUT2D eigenvalue weighted by molar-refractivity contribution is 7.07. The van der Waals surface area contributed by atoms with Crippen LogP contribution in [0.4, 0.5) is 5.69 Å². The van der Waals surface area contributed by atoms with Gasteiger partial charge in [-0.15, -0.1) is 11.3 Å². The van der Waals surface area contributed by atoms with Crippen molar-refractivity contribution in [3.05, 3.63) is 39.8 Å². The van der Waals surface area contributed by atoms with Gasteiger partial charge in [-0.25, -0.2) is 4.98 Å². The minimum Gasteiger partial charge on any atom is -0.489 e. The van der Waals surface area contributed by atoms with Gasteiger partial charge in [0.1, 0.15) is 5.75 Å². The van der Waals surface area contributed by atoms with Gasteiger partial charge in [0.25, 0.3) is 0 Å². The van der Waals surface area contributed by atoms with Gasteiger partial charge in [0.2, 0.25) is 0 Å². The van der Waals surface area contributed by atoms with Crippen LogP contribution in [0, 0.1) is 0 Å². The van der Waals surface area contributed by atoms with Crippen LogP contribution >= 0.6 is 22.9 Å². The van der Waals surface area contributed by atoms with Crippen molar-refractivity contribution in [2.24, 2.45) is 0 Å². The van der Waals surface area contributed by atoms with Gasteiger partial charge in [0.05, 0.1) is 28.9 Å². The lowest BCUT2D eigenvalue weighted by atomic mass is 10.3. The highest BCUT2D eigenvalue weighted by Crippen LogP contribution is 2.28. The van der Waals surface area contributed by atoms with E-state index < -0.39 is 0 Å². The Bertz CT molecular complexity index is 500. The van der Waals surface area contributed by atoms with E-state index in [1.807, 2.05) is 42.9 Å². The Hall–Kier alpha value is -1.26. The average molecular weight is 283 g/mol. The normalized spacial score (nSPS) is 10.7. The first kappa shape index (κ1) is 13.2. The molecular formula is C13H15ClN2OS. The molecule has 0 atom stereocenters. The topological polar surface area (TPSA) is 34.1 Å². The van der Waals surface area contributed by atoms with Crippen LogP contribution in [0.25, 0.3) is 0 Å². The Morgan fingerprint density at radius 3 is 2.89 bits per heavy atom. The van der Waals surface area contributed by atoms with Crippen LogP contribution in [-0.4, -0.2) is 11.1 Å². The molecule has 1 aromatic heterocycles. The van der Waals surface area contributed by atoms with Gasteiger partial charge in [-0.2, -0.15) is 0 Å². The SMILES string of the molecule is CC(C)Oc1ccc(NCc2cscn2)cc1Cl. The summed E-state index contributed by atoms with van der Waals surface area (Å²) in [4.78, 5) is 4.21. The van der Waals surface area contributed by atoms with Crippen molar-refractivity contribution in [3.63, 3.8) is 0 Å².